The van der Waals surface area contributed by atoms with Crippen molar-refractivity contribution in [2.45, 2.75) is 6.04 Å². The van der Waals surface area contributed by atoms with Crippen LogP contribution in [0, 0.1) is 5.82 Å². The van der Waals surface area contributed by atoms with Crippen LogP contribution in [0.2, 0.25) is 0 Å². The second-order valence-corrected chi connectivity index (χ2v) is 6.18. The number of pyridine rings is 1. The van der Waals surface area contributed by atoms with Crippen LogP contribution >= 0.6 is 0 Å². The second-order valence-electron chi connectivity index (χ2n) is 6.18. The number of carbonyl (C=O) groups is 3. The van der Waals surface area contributed by atoms with Crippen molar-refractivity contribution in [1.82, 2.24) is 14.8 Å². The Labute approximate surface area is 161 Å². The Morgan fingerprint density at radius 3 is 2.39 bits per heavy atom. The predicted molar refractivity (Wildman–Crippen MR) is 99.9 cm³/mol. The van der Waals surface area contributed by atoms with Crippen molar-refractivity contribution < 1.29 is 23.9 Å². The molecule has 0 bridgehead atoms. The maximum atomic E-state index is 12.9. The van der Waals surface area contributed by atoms with Crippen molar-refractivity contribution in [1.29, 1.82) is 0 Å². The third-order valence-corrected chi connectivity index (χ3v) is 3.94. The molecule has 1 aromatic carbocycles. The third-order valence-electron chi connectivity index (χ3n) is 3.94. The lowest BCUT2D eigenvalue weighted by molar-refractivity contribution is -0.130. The molecule has 2 aromatic rings. The van der Waals surface area contributed by atoms with Crippen molar-refractivity contribution in [3.8, 4) is 0 Å². The van der Waals surface area contributed by atoms with Gasteiger partial charge >= 0.3 is 5.97 Å². The molecule has 8 heteroatoms. The Hall–Kier alpha value is -3.55. The number of amides is 1. The van der Waals surface area contributed by atoms with Gasteiger partial charge in [0.15, 0.2) is 5.78 Å². The molecule has 1 aliphatic heterocycles. The van der Waals surface area contributed by atoms with Crippen LogP contribution in [0.3, 0.4) is 0 Å². The van der Waals surface area contributed by atoms with Gasteiger partial charge in [-0.1, -0.05) is 12.1 Å². The van der Waals surface area contributed by atoms with Crippen molar-refractivity contribution in [2.75, 3.05) is 20.6 Å². The molecule has 146 valence electrons. The van der Waals surface area contributed by atoms with Gasteiger partial charge in [-0.15, -0.1) is 0 Å². The first-order valence-electron chi connectivity index (χ1n) is 8.36. The summed E-state index contributed by atoms with van der Waals surface area (Å²) in [4.78, 5) is 40.5. The predicted octanol–water partition coefficient (Wildman–Crippen LogP) is 2.13. The van der Waals surface area contributed by atoms with E-state index in [0.717, 1.165) is 0 Å². The highest BCUT2D eigenvalue weighted by molar-refractivity contribution is 5.97. The molecule has 0 radical (unpaired) electrons. The van der Waals surface area contributed by atoms with Crippen molar-refractivity contribution in [3.63, 3.8) is 0 Å². The summed E-state index contributed by atoms with van der Waals surface area (Å²) in [5, 5.41) is 8.34. The van der Waals surface area contributed by atoms with Crippen LogP contribution in [0.25, 0.3) is 0 Å². The number of hydrogen-bond donors (Lipinski definition) is 1. The second kappa shape index (κ2) is 9.40. The number of aromatic carboxylic acids is 1. The summed E-state index contributed by atoms with van der Waals surface area (Å²) < 4.78 is 12.9. The Morgan fingerprint density at radius 2 is 1.89 bits per heavy atom. The van der Waals surface area contributed by atoms with Gasteiger partial charge in [0, 0.05) is 32.7 Å². The molecule has 0 aliphatic carbocycles. The molecular formula is C20H20FN3O4. The maximum Gasteiger partial charge on any atom is 0.337 e. The minimum absolute atomic E-state index is 0.0912. The van der Waals surface area contributed by atoms with Gasteiger partial charge < -0.3 is 14.9 Å². The summed E-state index contributed by atoms with van der Waals surface area (Å²) in [5.74, 6) is -1.48. The largest absolute Gasteiger partial charge is 0.478 e. The van der Waals surface area contributed by atoms with E-state index in [9.17, 15) is 18.8 Å². The Balaban J connectivity index is 0.000000261. The summed E-state index contributed by atoms with van der Waals surface area (Å²) in [7, 11) is 3.33. The summed E-state index contributed by atoms with van der Waals surface area (Å²) in [6.07, 6.45) is 5.89. The number of hydrogen-bond acceptors (Lipinski definition) is 5. The number of benzene rings is 1. The summed E-state index contributed by atoms with van der Waals surface area (Å²) in [6.45, 7) is 0.122. The molecule has 7 nitrogen and oxygen atoms in total. The van der Waals surface area contributed by atoms with Crippen molar-refractivity contribution in [3.05, 3.63) is 78.0 Å². The lowest BCUT2D eigenvalue weighted by Gasteiger charge is -2.25. The molecule has 3 rings (SSSR count). The third kappa shape index (κ3) is 5.47. The van der Waals surface area contributed by atoms with Gasteiger partial charge in [0.2, 0.25) is 5.91 Å². The van der Waals surface area contributed by atoms with E-state index in [1.165, 1.54) is 41.6 Å². The van der Waals surface area contributed by atoms with Gasteiger partial charge in [0.25, 0.3) is 0 Å². The van der Waals surface area contributed by atoms with Crippen LogP contribution in [-0.4, -0.2) is 58.2 Å². The molecule has 1 amide bonds. The topological polar surface area (TPSA) is 90.8 Å². The van der Waals surface area contributed by atoms with Gasteiger partial charge in [-0.3, -0.25) is 14.6 Å². The average molecular weight is 385 g/mol. The van der Waals surface area contributed by atoms with E-state index in [0.29, 0.717) is 5.56 Å². The molecule has 0 saturated heterocycles. The van der Waals surface area contributed by atoms with E-state index >= 15 is 0 Å². The highest BCUT2D eigenvalue weighted by atomic mass is 19.1. The maximum absolute atomic E-state index is 12.9. The van der Waals surface area contributed by atoms with Gasteiger partial charge in [-0.2, -0.15) is 0 Å². The number of aromatic nitrogens is 1. The first-order valence-corrected chi connectivity index (χ1v) is 8.36. The number of carboxylic acids is 1. The highest BCUT2D eigenvalue weighted by Crippen LogP contribution is 2.27. The fourth-order valence-electron chi connectivity index (χ4n) is 2.44. The van der Waals surface area contributed by atoms with Gasteiger partial charge in [0.05, 0.1) is 12.1 Å². The van der Waals surface area contributed by atoms with Crippen LogP contribution in [0.4, 0.5) is 4.39 Å². The monoisotopic (exact) mass is 385 g/mol. The van der Waals surface area contributed by atoms with Crippen LogP contribution in [-0.2, 0) is 9.59 Å². The number of rotatable bonds is 4. The van der Waals surface area contributed by atoms with Crippen LogP contribution in [0.1, 0.15) is 22.0 Å². The summed E-state index contributed by atoms with van der Waals surface area (Å²) >= 11 is 0. The van der Waals surface area contributed by atoms with E-state index < -0.39 is 12.0 Å². The number of nitrogens with zero attached hydrogens (tertiary/aromatic N) is 3. The number of carboxylic acid groups (broad SMARTS) is 1. The van der Waals surface area contributed by atoms with E-state index in [1.54, 1.807) is 43.4 Å². The molecule has 0 spiro atoms. The number of carbonyl (C=O) groups excluding carboxylic acids is 2. The molecule has 1 unspecified atom stereocenters. The lowest BCUT2D eigenvalue weighted by Crippen LogP contribution is -2.35. The molecular weight excluding hydrogens is 365 g/mol. The summed E-state index contributed by atoms with van der Waals surface area (Å²) in [6, 6.07) is 8.30. The fourth-order valence-corrected chi connectivity index (χ4v) is 2.44. The van der Waals surface area contributed by atoms with E-state index in [-0.39, 0.29) is 29.6 Å². The highest BCUT2D eigenvalue weighted by Gasteiger charge is 2.30. The quantitative estimate of drug-likeness (QED) is 0.867. The van der Waals surface area contributed by atoms with Crippen molar-refractivity contribution in [2.24, 2.45) is 0 Å². The zero-order chi connectivity index (χ0) is 20.7. The minimum atomic E-state index is -0.942. The van der Waals surface area contributed by atoms with Crippen LogP contribution in [0.5, 0.6) is 0 Å². The molecule has 1 N–H and O–H groups in total. The Bertz CT molecular complexity index is 867. The zero-order valence-corrected chi connectivity index (χ0v) is 15.4. The van der Waals surface area contributed by atoms with Crippen molar-refractivity contribution >= 4 is 17.7 Å². The SMILES string of the molecule is CN(C)C(=O)CN1C=CC(=O)C1c1ccc(F)cc1.O=C(O)c1cccnc1. The zero-order valence-electron chi connectivity index (χ0n) is 15.4. The Morgan fingerprint density at radius 1 is 1.21 bits per heavy atom. The van der Waals surface area contributed by atoms with Gasteiger partial charge in [0.1, 0.15) is 11.9 Å². The minimum Gasteiger partial charge on any atom is -0.478 e. The van der Waals surface area contributed by atoms with E-state index in [1.807, 2.05) is 0 Å². The molecule has 0 fully saturated rings. The first kappa shape index (κ1) is 20.8. The molecule has 1 aliphatic rings. The number of likely N-dealkylation sites (N-methyl/N-ethyl adjacent to an activating group) is 1. The molecule has 0 saturated carbocycles. The molecule has 28 heavy (non-hydrogen) atoms. The summed E-state index contributed by atoms with van der Waals surface area (Å²) in [5.41, 5.74) is 0.903. The lowest BCUT2D eigenvalue weighted by atomic mass is 10.0. The molecule has 2 heterocycles. The first-order chi connectivity index (χ1) is 13.3. The normalized spacial score (nSPS) is 15.0. The van der Waals surface area contributed by atoms with Gasteiger partial charge in [-0.05, 0) is 35.9 Å². The van der Waals surface area contributed by atoms with Crippen LogP contribution < -0.4 is 0 Å². The van der Waals surface area contributed by atoms with E-state index in [4.69, 9.17) is 5.11 Å². The Kier molecular flexibility index (Phi) is 6.97. The smallest absolute Gasteiger partial charge is 0.337 e. The molecule has 1 atom stereocenters. The van der Waals surface area contributed by atoms with Crippen LogP contribution in [0.15, 0.2) is 61.1 Å². The number of halogens is 1. The standard InChI is InChI=1S/C14H15FN2O2.C6H5NO2/c1-16(2)13(19)9-17-8-7-12(18)14(17)10-3-5-11(15)6-4-10;8-6(9)5-2-1-3-7-4-5/h3-8,14H,9H2,1-2H3;1-4H,(H,8,9). The van der Waals surface area contributed by atoms with E-state index in [2.05, 4.69) is 4.98 Å². The molecule has 1 aromatic heterocycles. The number of ketones is 1. The van der Waals surface area contributed by atoms with Gasteiger partial charge in [-0.25, -0.2) is 9.18 Å². The average Bonchev–Trinajstić information content (AvgIpc) is 3.04. The fraction of sp³-hybridized carbons (Fsp3) is 0.200.